The van der Waals surface area contributed by atoms with E-state index in [1.165, 1.54) is 36.0 Å². The standard InChI is InChI=1S/C26H33F3N3O3S.BrH/c1-7-21(22-8-10-23(11-9-22)26(27,28)29)15-31-16-30(25(5,36-6)32(31)34)14-20-12-17(2)24(18(3)13-20)35-19(4)33;/h8-13,16,21,34H,7,14-15H2,1-6H3;1H/q+1;/p-1. The Morgan fingerprint density at radius 1 is 1.19 bits per heavy atom. The molecule has 0 saturated carbocycles. The quantitative estimate of drug-likeness (QED) is 0.284. The molecule has 1 aliphatic rings. The van der Waals surface area contributed by atoms with Crippen molar-refractivity contribution in [2.24, 2.45) is 0 Å². The molecule has 1 N–H and O–H groups in total. The summed E-state index contributed by atoms with van der Waals surface area (Å²) in [6.45, 7) is 9.91. The number of carbonyl (C=O) groups excluding carboxylic acids is 1. The Bertz CT molecular complexity index is 1120. The van der Waals surface area contributed by atoms with Gasteiger partial charge in [-0.2, -0.15) is 18.2 Å². The van der Waals surface area contributed by atoms with E-state index in [9.17, 15) is 23.2 Å². The average Bonchev–Trinajstić information content (AvgIpc) is 3.04. The predicted molar refractivity (Wildman–Crippen MR) is 134 cm³/mol. The summed E-state index contributed by atoms with van der Waals surface area (Å²) in [5, 5.41) is 14.0. The number of thioether (sulfide) groups is 1. The minimum absolute atomic E-state index is 0. The van der Waals surface area contributed by atoms with Gasteiger partial charge in [-0.1, -0.05) is 30.8 Å². The van der Waals surface area contributed by atoms with Crippen LogP contribution < -0.4 is 21.7 Å². The fraction of sp³-hybridized carbons (Fsp3) is 0.462. The van der Waals surface area contributed by atoms with Crippen molar-refractivity contribution in [2.75, 3.05) is 12.8 Å². The minimum atomic E-state index is -4.38. The van der Waals surface area contributed by atoms with E-state index in [4.69, 9.17) is 4.74 Å². The Labute approximate surface area is 230 Å². The molecule has 0 radical (unpaired) electrons. The minimum Gasteiger partial charge on any atom is -1.00 e. The second-order valence-electron chi connectivity index (χ2n) is 9.17. The molecule has 2 aromatic rings. The lowest BCUT2D eigenvalue weighted by molar-refractivity contribution is -0.618. The van der Waals surface area contributed by atoms with Crippen LogP contribution in [0.4, 0.5) is 13.2 Å². The van der Waals surface area contributed by atoms with Crippen molar-refractivity contribution in [1.82, 2.24) is 10.2 Å². The van der Waals surface area contributed by atoms with Crippen LogP contribution in [-0.4, -0.2) is 50.1 Å². The lowest BCUT2D eigenvalue weighted by Gasteiger charge is -2.29. The predicted octanol–water partition coefficient (Wildman–Crippen LogP) is 2.94. The van der Waals surface area contributed by atoms with Gasteiger partial charge < -0.3 is 21.7 Å². The van der Waals surface area contributed by atoms with Gasteiger partial charge in [0, 0.05) is 24.9 Å². The molecule has 11 heteroatoms. The summed E-state index contributed by atoms with van der Waals surface area (Å²) < 4.78 is 46.3. The molecule has 1 heterocycles. The van der Waals surface area contributed by atoms with Crippen molar-refractivity contribution in [1.29, 1.82) is 0 Å². The van der Waals surface area contributed by atoms with Crippen LogP contribution in [0, 0.1) is 13.8 Å². The second-order valence-corrected chi connectivity index (χ2v) is 10.4. The SMILES string of the molecule is CCC(CN1C=[N+](Cc2cc(C)c(OC(C)=O)c(C)c2)C(C)(SC)N1O)c1ccc(C(F)(F)F)cc1.[Br-]. The zero-order valence-corrected chi connectivity index (χ0v) is 24.2. The summed E-state index contributed by atoms with van der Waals surface area (Å²) >= 11 is 1.46. The number of alkyl halides is 3. The number of hydroxylamine groups is 1. The van der Waals surface area contributed by atoms with Gasteiger partial charge in [-0.05, 0) is 73.0 Å². The summed E-state index contributed by atoms with van der Waals surface area (Å²) in [4.78, 5) is 10.6. The highest BCUT2D eigenvalue weighted by Crippen LogP contribution is 2.36. The average molecular weight is 605 g/mol. The van der Waals surface area contributed by atoms with Crippen molar-refractivity contribution in [2.45, 2.75) is 64.7 Å². The summed E-state index contributed by atoms with van der Waals surface area (Å²) in [6.07, 6.45) is 0.0586. The first-order valence-electron chi connectivity index (χ1n) is 11.7. The first kappa shape index (κ1) is 31.1. The van der Waals surface area contributed by atoms with E-state index < -0.39 is 16.7 Å². The zero-order valence-electron chi connectivity index (χ0n) is 21.8. The number of hydrogen-bond acceptors (Lipinski definition) is 6. The molecule has 2 unspecified atom stereocenters. The first-order valence-corrected chi connectivity index (χ1v) is 12.9. The Balaban J connectivity index is 0.00000481. The number of esters is 1. The van der Waals surface area contributed by atoms with Gasteiger partial charge in [0.05, 0.1) is 5.56 Å². The Kier molecular flexibility index (Phi) is 10.3. The zero-order chi connectivity index (χ0) is 26.8. The van der Waals surface area contributed by atoms with E-state index in [0.717, 1.165) is 34.4 Å². The fourth-order valence-electron chi connectivity index (χ4n) is 4.45. The van der Waals surface area contributed by atoms with Crippen LogP contribution in [0.5, 0.6) is 5.75 Å². The van der Waals surface area contributed by atoms with Crippen molar-refractivity contribution < 1.29 is 49.5 Å². The first-order chi connectivity index (χ1) is 16.8. The number of rotatable bonds is 8. The van der Waals surface area contributed by atoms with E-state index in [0.29, 0.717) is 25.3 Å². The van der Waals surface area contributed by atoms with Crippen LogP contribution in [0.2, 0.25) is 0 Å². The van der Waals surface area contributed by atoms with E-state index in [2.05, 4.69) is 0 Å². The third-order valence-electron chi connectivity index (χ3n) is 6.54. The number of halogens is 4. The van der Waals surface area contributed by atoms with Crippen molar-refractivity contribution in [3.05, 3.63) is 64.2 Å². The number of aryl methyl sites for hydroxylation is 2. The van der Waals surface area contributed by atoms with Gasteiger partial charge in [0.1, 0.15) is 18.8 Å². The molecule has 3 rings (SSSR count). The Hall–Kier alpha value is -2.08. The number of benzene rings is 2. The molecule has 0 bridgehead atoms. The fourth-order valence-corrected chi connectivity index (χ4v) is 5.07. The van der Waals surface area contributed by atoms with Crippen molar-refractivity contribution in [3.63, 3.8) is 0 Å². The van der Waals surface area contributed by atoms with Crippen LogP contribution in [-0.2, 0) is 17.5 Å². The third kappa shape index (κ3) is 6.87. The molecule has 2 aromatic carbocycles. The Morgan fingerprint density at radius 2 is 1.76 bits per heavy atom. The molecule has 0 saturated heterocycles. The number of ether oxygens (including phenoxy) is 1. The number of hydrogen-bond donors (Lipinski definition) is 1. The normalized spacial score (nSPS) is 18.9. The highest BCUT2D eigenvalue weighted by molar-refractivity contribution is 7.99. The van der Waals surface area contributed by atoms with Crippen LogP contribution in [0.25, 0.3) is 0 Å². The van der Waals surface area contributed by atoms with Gasteiger partial charge in [0.15, 0.2) is 0 Å². The van der Waals surface area contributed by atoms with E-state index in [1.54, 1.807) is 5.01 Å². The molecule has 0 fully saturated rings. The maximum atomic E-state index is 13.0. The van der Waals surface area contributed by atoms with Crippen LogP contribution in [0.1, 0.15) is 60.9 Å². The number of carbonyl (C=O) groups is 1. The highest BCUT2D eigenvalue weighted by Gasteiger charge is 2.50. The van der Waals surface area contributed by atoms with Gasteiger partial charge in [-0.3, -0.25) is 10.0 Å². The van der Waals surface area contributed by atoms with Gasteiger partial charge in [-0.25, -0.2) is 4.58 Å². The summed E-state index contributed by atoms with van der Waals surface area (Å²) in [6, 6.07) is 9.14. The lowest BCUT2D eigenvalue weighted by atomic mass is 9.95. The lowest BCUT2D eigenvalue weighted by Crippen LogP contribution is -3.00. The van der Waals surface area contributed by atoms with Gasteiger partial charge in [0.25, 0.3) is 11.3 Å². The molecule has 0 aliphatic carbocycles. The Morgan fingerprint density at radius 3 is 2.22 bits per heavy atom. The van der Waals surface area contributed by atoms with Gasteiger partial charge >= 0.3 is 12.1 Å². The smallest absolute Gasteiger partial charge is 0.416 e. The van der Waals surface area contributed by atoms with Gasteiger partial charge in [-0.15, -0.1) is 0 Å². The highest BCUT2D eigenvalue weighted by atomic mass is 79.9. The topological polar surface area (TPSA) is 56.0 Å². The van der Waals surface area contributed by atoms with Crippen LogP contribution in [0.3, 0.4) is 0 Å². The van der Waals surface area contributed by atoms with Gasteiger partial charge in [0.2, 0.25) is 0 Å². The maximum Gasteiger partial charge on any atom is 0.416 e. The van der Waals surface area contributed by atoms with E-state index in [1.807, 2.05) is 57.0 Å². The third-order valence-corrected chi connectivity index (χ3v) is 7.71. The van der Waals surface area contributed by atoms with Crippen LogP contribution >= 0.6 is 11.8 Å². The number of nitrogens with zero attached hydrogens (tertiary/aromatic N) is 3. The second kappa shape index (κ2) is 12.2. The largest absolute Gasteiger partial charge is 1.00 e. The molecule has 6 nitrogen and oxygen atoms in total. The molecule has 204 valence electrons. The van der Waals surface area contributed by atoms with Crippen molar-refractivity contribution >= 4 is 24.1 Å². The van der Waals surface area contributed by atoms with E-state index in [-0.39, 0.29) is 28.9 Å². The maximum absolute atomic E-state index is 13.0. The molecule has 0 amide bonds. The molecule has 1 aliphatic heterocycles. The monoisotopic (exact) mass is 603 g/mol. The molecular formula is C26H33BrF3N3O3S. The summed E-state index contributed by atoms with van der Waals surface area (Å²) in [5.74, 6) is 0.0932. The summed E-state index contributed by atoms with van der Waals surface area (Å²) in [7, 11) is 0. The van der Waals surface area contributed by atoms with E-state index >= 15 is 0 Å². The molecule has 37 heavy (non-hydrogen) atoms. The molecule has 2 atom stereocenters. The molecule has 0 spiro atoms. The number of hydrazine groups is 1. The van der Waals surface area contributed by atoms with Crippen LogP contribution in [0.15, 0.2) is 36.4 Å². The van der Waals surface area contributed by atoms with Crippen molar-refractivity contribution in [3.8, 4) is 5.75 Å². The molecular weight excluding hydrogens is 571 g/mol. The summed E-state index contributed by atoms with van der Waals surface area (Å²) in [5.41, 5.74) is 2.78. The molecule has 0 aromatic heterocycles.